The third-order valence-electron chi connectivity index (χ3n) is 1.37. The predicted octanol–water partition coefficient (Wildman–Crippen LogP) is 0.470. The number of likely N-dealkylation sites (N-methyl/N-ethyl adjacent to an activating group) is 1. The van der Waals surface area contributed by atoms with E-state index >= 15 is 0 Å². The third-order valence-corrected chi connectivity index (χ3v) is 2.85. The van der Waals surface area contributed by atoms with Crippen molar-refractivity contribution in [1.29, 1.82) is 0 Å². The van der Waals surface area contributed by atoms with E-state index in [1.165, 1.54) is 14.0 Å². The van der Waals surface area contributed by atoms with Crippen molar-refractivity contribution in [3.05, 3.63) is 29.1 Å². The molecule has 0 heterocycles. The summed E-state index contributed by atoms with van der Waals surface area (Å²) in [6.45, 7) is 3.13. The van der Waals surface area contributed by atoms with Crippen molar-refractivity contribution in [2.75, 3.05) is 7.05 Å². The number of nitrogens with zero attached hydrogens (tertiary/aromatic N) is 1. The average Bonchev–Trinajstić information content (AvgIpc) is 2.03. The molecule has 0 radical (unpaired) electrons. The van der Waals surface area contributed by atoms with Gasteiger partial charge in [-0.25, -0.2) is 0 Å². The second-order valence-corrected chi connectivity index (χ2v) is 5.31. The van der Waals surface area contributed by atoms with Gasteiger partial charge in [-0.2, -0.15) is 0 Å². The molecule has 0 saturated heterocycles. The quantitative estimate of drug-likeness (QED) is 0.305. The summed E-state index contributed by atoms with van der Waals surface area (Å²) < 4.78 is 5.51. The van der Waals surface area contributed by atoms with E-state index in [1.807, 2.05) is 0 Å². The first-order valence-electron chi connectivity index (χ1n) is 4.10. The Morgan fingerprint density at radius 1 is 1.50 bits per heavy atom. The summed E-state index contributed by atoms with van der Waals surface area (Å²) in [4.78, 5) is 10.6. The van der Waals surface area contributed by atoms with E-state index in [-0.39, 0.29) is 31.2 Å². The monoisotopic (exact) mass is 388 g/mol. The summed E-state index contributed by atoms with van der Waals surface area (Å²) in [6, 6.07) is 0. The molecule has 0 N–H and O–H groups in total. The molecule has 0 rings (SSSR count). The van der Waals surface area contributed by atoms with Gasteiger partial charge >= 0.3 is 99.1 Å². The molecule has 0 fully saturated rings. The van der Waals surface area contributed by atoms with Crippen LogP contribution in [0.2, 0.25) is 0 Å². The number of carbonyl (C=O) groups excluding carboxylic acids is 1. The topological polar surface area (TPSA) is 52.6 Å². The Hall–Kier alpha value is -0.498. The van der Waals surface area contributed by atoms with Gasteiger partial charge in [-0.3, -0.25) is 0 Å². The van der Waals surface area contributed by atoms with Gasteiger partial charge < -0.3 is 0 Å². The van der Waals surface area contributed by atoms with Crippen LogP contribution in [0.15, 0.2) is 23.9 Å². The van der Waals surface area contributed by atoms with Crippen molar-refractivity contribution >= 4 is 34.5 Å². The molecule has 0 saturated carbocycles. The van der Waals surface area contributed by atoms with E-state index in [1.54, 1.807) is 25.2 Å². The number of hydrogen-bond donors (Lipinski definition) is 0. The number of allylic oxidation sites excluding steroid dienone is 2. The van der Waals surface area contributed by atoms with Crippen LogP contribution < -0.4 is 0 Å². The molecule has 0 aliphatic heterocycles. The van der Waals surface area contributed by atoms with Gasteiger partial charge in [0, 0.05) is 0 Å². The van der Waals surface area contributed by atoms with Crippen LogP contribution in [0.5, 0.6) is 0 Å². The van der Waals surface area contributed by atoms with E-state index < -0.39 is 0 Å². The first kappa shape index (κ1) is 13.5. The maximum absolute atomic E-state index is 10.9. The molecule has 76 valence electrons. The van der Waals surface area contributed by atoms with E-state index in [9.17, 15) is 10.0 Å². The molecule has 0 amide bonds. The van der Waals surface area contributed by atoms with Crippen LogP contribution in [0.3, 0.4) is 0 Å². The molecule has 5 heteroatoms. The fraction of sp³-hybridized carbons (Fsp3) is 0.333. The molecule has 0 aromatic rings. The molecule has 0 aliphatic rings. The Morgan fingerprint density at radius 3 is 2.43 bits per heavy atom. The molecular weight excluding hydrogens is 374 g/mol. The van der Waals surface area contributed by atoms with Crippen LogP contribution in [-0.2, 0) is 9.53 Å². The standard InChI is InChI=1S/C9H12NO3.Tl.H/c1-4-9(10(3)12)6-5-7-13-8(2)11;;/h4-6H,1-3H3;;/q-1;;/b6-5-,9-4+;;. The van der Waals surface area contributed by atoms with E-state index in [0.29, 0.717) is 8.94 Å². The molecule has 0 unspecified atom stereocenters. The average molecular weight is 388 g/mol. The molecule has 4 nitrogen and oxygen atoms in total. The summed E-state index contributed by atoms with van der Waals surface area (Å²) in [5.74, 6) is -0.322. The van der Waals surface area contributed by atoms with Crippen LogP contribution in [-0.4, -0.2) is 46.6 Å². The van der Waals surface area contributed by atoms with Crippen LogP contribution in [0.4, 0.5) is 0 Å². The summed E-state index contributed by atoms with van der Waals surface area (Å²) in [7, 11) is 1.42. The van der Waals surface area contributed by atoms with Crippen molar-refractivity contribution < 1.29 is 9.53 Å². The normalized spacial score (nSPS) is 11.5. The number of ether oxygens (including phenoxy) is 1. The minimum atomic E-state index is -0.322. The number of carbonyl (C=O) groups is 1. The van der Waals surface area contributed by atoms with Gasteiger partial charge in [-0.1, -0.05) is 0 Å². The van der Waals surface area contributed by atoms with Gasteiger partial charge in [0.1, 0.15) is 0 Å². The van der Waals surface area contributed by atoms with Gasteiger partial charge in [-0.15, -0.1) is 0 Å². The zero-order valence-electron chi connectivity index (χ0n) is 8.61. The van der Waals surface area contributed by atoms with Crippen molar-refractivity contribution in [2.45, 2.75) is 13.8 Å². The van der Waals surface area contributed by atoms with E-state index in [4.69, 9.17) is 4.74 Å². The van der Waals surface area contributed by atoms with Crippen molar-refractivity contribution in [3.8, 4) is 0 Å². The van der Waals surface area contributed by atoms with E-state index in [0.717, 1.165) is 5.06 Å². The van der Waals surface area contributed by atoms with Gasteiger partial charge in [0.2, 0.25) is 0 Å². The van der Waals surface area contributed by atoms with Gasteiger partial charge in [-0.05, 0) is 0 Å². The van der Waals surface area contributed by atoms with Gasteiger partial charge in [0.05, 0.1) is 0 Å². The van der Waals surface area contributed by atoms with Crippen molar-refractivity contribution in [2.24, 2.45) is 0 Å². The number of esters is 1. The maximum atomic E-state index is 10.9. The zero-order valence-corrected chi connectivity index (χ0v) is 14.1. The fourth-order valence-electron chi connectivity index (χ4n) is 0.780. The molecule has 0 bridgehead atoms. The summed E-state index contributed by atoms with van der Waals surface area (Å²) in [5, 5.41) is 11.7. The molecule has 14 heavy (non-hydrogen) atoms. The van der Waals surface area contributed by atoms with Crippen LogP contribution in [0.25, 0.3) is 0 Å². The molecule has 0 spiro atoms. The Balaban J connectivity index is 4.29. The third kappa shape index (κ3) is 6.03. The Bertz CT molecular complexity index is 282. The SMILES string of the molecule is C/C=C(\C=C/[C](=[TlH])OC(C)=O)N(C)[O-]. The zero-order chi connectivity index (χ0) is 11.1. The predicted molar refractivity (Wildman–Crippen MR) is 57.9 cm³/mol. The molecule has 0 aliphatic carbocycles. The molecule has 0 aromatic heterocycles. The Labute approximate surface area is 99.0 Å². The van der Waals surface area contributed by atoms with Gasteiger partial charge in [0.15, 0.2) is 0 Å². The van der Waals surface area contributed by atoms with Crippen LogP contribution in [0.1, 0.15) is 13.8 Å². The fourth-order valence-corrected chi connectivity index (χ4v) is 2.03. The second-order valence-electron chi connectivity index (χ2n) is 2.60. The summed E-state index contributed by atoms with van der Waals surface area (Å²) in [5.41, 5.74) is 0.542. The summed E-state index contributed by atoms with van der Waals surface area (Å²) in [6.07, 6.45) is 4.99. The molecule has 0 atom stereocenters. The summed E-state index contributed by atoms with van der Waals surface area (Å²) >= 11 is 0.222. The minimum absolute atomic E-state index is 0.222. The number of hydroxylamine groups is 2. The number of hydrogen-bond acceptors (Lipinski definition) is 4. The Kier molecular flexibility index (Phi) is 6.64. The molecule has 0 aromatic carbocycles. The first-order chi connectivity index (χ1) is 6.47. The van der Waals surface area contributed by atoms with Gasteiger partial charge in [0.25, 0.3) is 0 Å². The van der Waals surface area contributed by atoms with Crippen LogP contribution >= 0.6 is 0 Å². The first-order valence-corrected chi connectivity index (χ1v) is 6.84. The van der Waals surface area contributed by atoms with E-state index in [2.05, 4.69) is 0 Å². The second kappa shape index (κ2) is 6.88. The van der Waals surface area contributed by atoms with Crippen molar-refractivity contribution in [3.63, 3.8) is 0 Å². The van der Waals surface area contributed by atoms with Crippen LogP contribution in [0, 0.1) is 5.21 Å². The number of rotatable bonds is 4. The van der Waals surface area contributed by atoms with Crippen molar-refractivity contribution in [1.82, 2.24) is 5.06 Å². The Morgan fingerprint density at radius 2 is 2.07 bits per heavy atom. The molecular formula is C9H13NO3Tl-.